The predicted octanol–water partition coefficient (Wildman–Crippen LogP) is 3.01. The summed E-state index contributed by atoms with van der Waals surface area (Å²) in [6.45, 7) is 2.48. The predicted molar refractivity (Wildman–Crippen MR) is 133 cm³/mol. The number of nitriles is 2. The van der Waals surface area contributed by atoms with Gasteiger partial charge in [-0.3, -0.25) is 0 Å². The topological polar surface area (TPSA) is 155 Å². The largest absolute Gasteiger partial charge is 0.393 e. The van der Waals surface area contributed by atoms with Gasteiger partial charge in [0.1, 0.15) is 11.9 Å². The molecule has 1 aromatic carbocycles. The molecular formula is C24H24ClN9O2. The molecule has 2 aliphatic rings. The highest BCUT2D eigenvalue weighted by molar-refractivity contribution is 6.36. The highest BCUT2D eigenvalue weighted by atomic mass is 35.5. The number of hydrogen-bond acceptors (Lipinski definition) is 10. The van der Waals surface area contributed by atoms with Gasteiger partial charge in [-0.1, -0.05) is 11.6 Å². The minimum atomic E-state index is -0.567. The van der Waals surface area contributed by atoms with Crippen LogP contribution in [0.2, 0.25) is 5.02 Å². The lowest BCUT2D eigenvalue weighted by molar-refractivity contribution is -0.118. The van der Waals surface area contributed by atoms with Crippen LogP contribution in [0.25, 0.3) is 5.65 Å². The highest BCUT2D eigenvalue weighted by Gasteiger charge is 2.30. The second-order valence-corrected chi connectivity index (χ2v) is 9.63. The number of aromatic nitrogens is 4. The number of ketones is 1. The average molecular weight is 506 g/mol. The number of halogens is 1. The molecule has 1 aliphatic carbocycles. The van der Waals surface area contributed by atoms with Crippen molar-refractivity contribution in [1.82, 2.24) is 19.6 Å². The third kappa shape index (κ3) is 4.76. The summed E-state index contributed by atoms with van der Waals surface area (Å²) in [5.41, 5.74) is 2.14. The number of aliphatic hydroxyl groups is 1. The van der Waals surface area contributed by atoms with Crippen molar-refractivity contribution in [2.24, 2.45) is 5.92 Å². The standard InChI is InChI=1S/C24H24ClN9O2/c1-13(35)6-15-12-33(5-4-20(15)36)19-8-14(9-26)7-18(21(19)25)30-24-31-22(29-16-2-3-16)23-28-11-17(10-27)34(23)32-24/h7-8,11,15-16,20,36H,2-6,12H2,1H3,(H2,29,30,31,32)/t15-,20-/m1/s1. The number of aliphatic hydroxyl groups excluding tert-OH is 1. The Morgan fingerprint density at radius 2 is 2.08 bits per heavy atom. The molecule has 12 heteroatoms. The molecule has 0 bridgehead atoms. The van der Waals surface area contributed by atoms with Crippen molar-refractivity contribution >= 4 is 46.2 Å². The normalized spacial score (nSPS) is 19.5. The smallest absolute Gasteiger partial charge is 0.247 e. The fourth-order valence-electron chi connectivity index (χ4n) is 4.45. The van der Waals surface area contributed by atoms with Gasteiger partial charge in [0.25, 0.3) is 0 Å². The van der Waals surface area contributed by atoms with Gasteiger partial charge in [-0.25, -0.2) is 4.98 Å². The van der Waals surface area contributed by atoms with Crippen molar-refractivity contribution in [1.29, 1.82) is 10.5 Å². The summed E-state index contributed by atoms with van der Waals surface area (Å²) in [5.74, 6) is 0.481. The van der Waals surface area contributed by atoms with E-state index >= 15 is 0 Å². The Balaban J connectivity index is 1.50. The minimum absolute atomic E-state index is 0.0134. The SMILES string of the molecule is CC(=O)C[C@@H]1CN(c2cc(C#N)cc(Nc3nc(NC4CC4)c4ncc(C#N)n4n3)c2Cl)CC[C@H]1O. The van der Waals surface area contributed by atoms with E-state index in [2.05, 4.69) is 37.8 Å². The molecule has 2 aromatic heterocycles. The first kappa shape index (κ1) is 23.8. The number of anilines is 4. The summed E-state index contributed by atoms with van der Waals surface area (Å²) in [4.78, 5) is 22.5. The number of fused-ring (bicyclic) bond motifs is 1. The molecular weight excluding hydrogens is 482 g/mol. The molecule has 1 saturated carbocycles. The van der Waals surface area contributed by atoms with Crippen LogP contribution in [0.1, 0.15) is 43.9 Å². The third-order valence-corrected chi connectivity index (χ3v) is 6.81. The Labute approximate surface area is 212 Å². The Morgan fingerprint density at radius 3 is 2.78 bits per heavy atom. The van der Waals surface area contributed by atoms with E-state index in [1.807, 2.05) is 4.90 Å². The molecule has 2 fully saturated rings. The van der Waals surface area contributed by atoms with Gasteiger partial charge in [0.15, 0.2) is 17.2 Å². The average Bonchev–Trinajstić information content (AvgIpc) is 3.57. The first-order chi connectivity index (χ1) is 17.4. The zero-order chi connectivity index (χ0) is 25.4. The zero-order valence-corrected chi connectivity index (χ0v) is 20.3. The number of hydrogen-bond donors (Lipinski definition) is 3. The van der Waals surface area contributed by atoms with Gasteiger partial charge in [-0.05, 0) is 38.3 Å². The van der Waals surface area contributed by atoms with Crippen LogP contribution in [0, 0.1) is 28.6 Å². The van der Waals surface area contributed by atoms with Crippen LogP contribution in [0.15, 0.2) is 18.3 Å². The number of carbonyl (C=O) groups is 1. The van der Waals surface area contributed by atoms with E-state index < -0.39 is 6.10 Å². The summed E-state index contributed by atoms with van der Waals surface area (Å²) in [6.07, 6.45) is 3.69. The number of nitrogens with zero attached hydrogens (tertiary/aromatic N) is 7. The van der Waals surface area contributed by atoms with Crippen LogP contribution in [0.3, 0.4) is 0 Å². The van der Waals surface area contributed by atoms with E-state index in [4.69, 9.17) is 11.6 Å². The lowest BCUT2D eigenvalue weighted by Gasteiger charge is -2.38. The molecule has 0 spiro atoms. The van der Waals surface area contributed by atoms with Crippen molar-refractivity contribution in [3.63, 3.8) is 0 Å². The van der Waals surface area contributed by atoms with E-state index in [1.54, 1.807) is 12.1 Å². The van der Waals surface area contributed by atoms with Gasteiger partial charge in [-0.15, -0.1) is 5.10 Å². The molecule has 1 aliphatic heterocycles. The van der Waals surface area contributed by atoms with Crippen LogP contribution in [-0.4, -0.2) is 55.7 Å². The van der Waals surface area contributed by atoms with Gasteiger partial charge in [-0.2, -0.15) is 20.0 Å². The first-order valence-corrected chi connectivity index (χ1v) is 12.1. The van der Waals surface area contributed by atoms with Gasteiger partial charge in [0, 0.05) is 31.5 Å². The molecule has 2 atom stereocenters. The number of rotatable bonds is 7. The van der Waals surface area contributed by atoms with E-state index in [0.717, 1.165) is 12.8 Å². The lowest BCUT2D eigenvalue weighted by atomic mass is 9.90. The number of Topliss-reactive ketones (excluding diaryl/α,β-unsaturated/α-hetero) is 1. The summed E-state index contributed by atoms with van der Waals surface area (Å²) in [5, 5.41) is 40.7. The quantitative estimate of drug-likeness (QED) is 0.436. The van der Waals surface area contributed by atoms with Gasteiger partial charge in [0.05, 0.1) is 40.3 Å². The molecule has 3 aromatic rings. The van der Waals surface area contributed by atoms with Crippen molar-refractivity contribution in [2.75, 3.05) is 28.6 Å². The van der Waals surface area contributed by atoms with E-state index in [-0.39, 0.29) is 29.8 Å². The maximum absolute atomic E-state index is 11.7. The molecule has 5 rings (SSSR count). The summed E-state index contributed by atoms with van der Waals surface area (Å²) >= 11 is 6.81. The van der Waals surface area contributed by atoms with Gasteiger partial charge in [0.2, 0.25) is 5.95 Å². The monoisotopic (exact) mass is 505 g/mol. The van der Waals surface area contributed by atoms with Crippen molar-refractivity contribution in [2.45, 2.75) is 44.8 Å². The molecule has 0 unspecified atom stereocenters. The summed E-state index contributed by atoms with van der Waals surface area (Å²) in [7, 11) is 0. The van der Waals surface area contributed by atoms with Crippen LogP contribution < -0.4 is 15.5 Å². The summed E-state index contributed by atoms with van der Waals surface area (Å²) < 4.78 is 1.42. The molecule has 3 N–H and O–H groups in total. The number of benzene rings is 1. The maximum Gasteiger partial charge on any atom is 0.247 e. The minimum Gasteiger partial charge on any atom is -0.393 e. The second-order valence-electron chi connectivity index (χ2n) is 9.26. The molecule has 1 saturated heterocycles. The highest BCUT2D eigenvalue weighted by Crippen LogP contribution is 2.38. The van der Waals surface area contributed by atoms with Gasteiger partial charge >= 0.3 is 0 Å². The molecule has 0 amide bonds. The fourth-order valence-corrected chi connectivity index (χ4v) is 4.73. The third-order valence-electron chi connectivity index (χ3n) is 6.41. The van der Waals surface area contributed by atoms with Crippen molar-refractivity contribution in [3.05, 3.63) is 34.6 Å². The first-order valence-electron chi connectivity index (χ1n) is 11.7. The van der Waals surface area contributed by atoms with Crippen LogP contribution in [0.5, 0.6) is 0 Å². The van der Waals surface area contributed by atoms with Crippen LogP contribution in [-0.2, 0) is 4.79 Å². The zero-order valence-electron chi connectivity index (χ0n) is 19.6. The molecule has 3 heterocycles. The van der Waals surface area contributed by atoms with Crippen LogP contribution in [0.4, 0.5) is 23.1 Å². The number of nitrogens with one attached hydrogen (secondary N) is 2. The number of imidazole rings is 1. The molecule has 11 nitrogen and oxygen atoms in total. The molecule has 184 valence electrons. The Hall–Kier alpha value is -3.93. The maximum atomic E-state index is 11.7. The Bertz CT molecular complexity index is 1420. The number of carbonyl (C=O) groups excluding carboxylic acids is 1. The number of piperidine rings is 1. The van der Waals surface area contributed by atoms with E-state index in [0.29, 0.717) is 59.0 Å². The molecule has 0 radical (unpaired) electrons. The van der Waals surface area contributed by atoms with Crippen molar-refractivity contribution in [3.8, 4) is 12.1 Å². The van der Waals surface area contributed by atoms with Gasteiger partial charge < -0.3 is 25.4 Å². The fraction of sp³-hybridized carbons (Fsp3) is 0.417. The van der Waals surface area contributed by atoms with Crippen LogP contribution >= 0.6 is 11.6 Å². The van der Waals surface area contributed by atoms with E-state index in [9.17, 15) is 20.4 Å². The Morgan fingerprint density at radius 1 is 1.28 bits per heavy atom. The lowest BCUT2D eigenvalue weighted by Crippen LogP contribution is -2.44. The summed E-state index contributed by atoms with van der Waals surface area (Å²) in [6, 6.07) is 7.84. The molecule has 36 heavy (non-hydrogen) atoms. The van der Waals surface area contributed by atoms with Crippen molar-refractivity contribution < 1.29 is 9.90 Å². The Kier molecular flexibility index (Phi) is 6.35. The van der Waals surface area contributed by atoms with E-state index in [1.165, 1.54) is 17.6 Å². The second kappa shape index (κ2) is 9.61.